The lowest BCUT2D eigenvalue weighted by atomic mass is 10.00. The number of nitrogens with one attached hydrogen (secondary N) is 1. The second-order valence-electron chi connectivity index (χ2n) is 3.72. The van der Waals surface area contributed by atoms with Gasteiger partial charge in [-0.15, -0.1) is 0 Å². The highest BCUT2D eigenvalue weighted by Gasteiger charge is 2.15. The predicted octanol–water partition coefficient (Wildman–Crippen LogP) is 2.32. The van der Waals surface area contributed by atoms with Crippen LogP contribution in [0.15, 0.2) is 6.07 Å². The first kappa shape index (κ1) is 9.33. The summed E-state index contributed by atoms with van der Waals surface area (Å²) < 4.78 is 0. The van der Waals surface area contributed by atoms with Gasteiger partial charge in [0, 0.05) is 17.0 Å². The number of H-pyrrole nitrogens is 1. The average molecular weight is 167 g/mol. The van der Waals surface area contributed by atoms with Crippen LogP contribution in [0.4, 0.5) is 0 Å². The van der Waals surface area contributed by atoms with Crippen LogP contribution in [-0.2, 0) is 0 Å². The molecule has 1 heterocycles. The van der Waals surface area contributed by atoms with Gasteiger partial charge >= 0.3 is 0 Å². The molecule has 2 nitrogen and oxygen atoms in total. The van der Waals surface area contributed by atoms with Gasteiger partial charge in [0.25, 0.3) is 0 Å². The highest BCUT2D eigenvalue weighted by molar-refractivity contribution is 5.26. The van der Waals surface area contributed by atoms with Gasteiger partial charge in [-0.05, 0) is 25.8 Å². The Morgan fingerprint density at radius 3 is 2.25 bits per heavy atom. The second kappa shape index (κ2) is 3.31. The van der Waals surface area contributed by atoms with Crippen LogP contribution in [0, 0.1) is 19.8 Å². The second-order valence-corrected chi connectivity index (χ2v) is 3.72. The van der Waals surface area contributed by atoms with Crippen LogP contribution in [0.1, 0.15) is 36.9 Å². The number of aromatic nitrogens is 1. The summed E-state index contributed by atoms with van der Waals surface area (Å²) in [5.74, 6) is 0.277. The van der Waals surface area contributed by atoms with Crippen molar-refractivity contribution in [3.63, 3.8) is 0 Å². The van der Waals surface area contributed by atoms with E-state index in [0.717, 1.165) is 17.0 Å². The summed E-state index contributed by atoms with van der Waals surface area (Å²) in [7, 11) is 0. The Labute approximate surface area is 73.6 Å². The fourth-order valence-electron chi connectivity index (χ4n) is 1.41. The van der Waals surface area contributed by atoms with Crippen molar-refractivity contribution < 1.29 is 5.11 Å². The minimum absolute atomic E-state index is 0.277. The average Bonchev–Trinajstić information content (AvgIpc) is 2.28. The molecule has 2 N–H and O–H groups in total. The predicted molar refractivity (Wildman–Crippen MR) is 50.1 cm³/mol. The topological polar surface area (TPSA) is 36.0 Å². The van der Waals surface area contributed by atoms with Crippen molar-refractivity contribution in [3.8, 4) is 0 Å². The highest BCUT2D eigenvalue weighted by Crippen LogP contribution is 2.24. The smallest absolute Gasteiger partial charge is 0.0830 e. The van der Waals surface area contributed by atoms with Crippen molar-refractivity contribution in [3.05, 3.63) is 23.0 Å². The minimum Gasteiger partial charge on any atom is -0.388 e. The molecule has 1 aromatic heterocycles. The van der Waals surface area contributed by atoms with Crippen LogP contribution in [0.3, 0.4) is 0 Å². The van der Waals surface area contributed by atoms with Gasteiger partial charge in [-0.3, -0.25) is 0 Å². The highest BCUT2D eigenvalue weighted by atomic mass is 16.3. The van der Waals surface area contributed by atoms with Crippen LogP contribution >= 0.6 is 0 Å². The summed E-state index contributed by atoms with van der Waals surface area (Å²) in [6, 6.07) is 2.01. The van der Waals surface area contributed by atoms with E-state index in [9.17, 15) is 5.11 Å². The molecule has 12 heavy (non-hydrogen) atoms. The third kappa shape index (κ3) is 1.69. The Hall–Kier alpha value is -0.760. The van der Waals surface area contributed by atoms with Crippen LogP contribution in [0.5, 0.6) is 0 Å². The molecule has 1 rings (SSSR count). The van der Waals surface area contributed by atoms with Gasteiger partial charge in [-0.1, -0.05) is 13.8 Å². The third-order valence-electron chi connectivity index (χ3n) is 2.14. The van der Waals surface area contributed by atoms with Gasteiger partial charge < -0.3 is 10.1 Å². The maximum Gasteiger partial charge on any atom is 0.0830 e. The lowest BCUT2D eigenvalue weighted by Gasteiger charge is -2.13. The SMILES string of the molecule is Cc1cc(C(O)C(C)C)c(C)[nH]1. The maximum absolute atomic E-state index is 9.77. The molecular formula is C10H17NO. The number of aromatic amines is 1. The van der Waals surface area contributed by atoms with Crippen molar-refractivity contribution in [1.29, 1.82) is 0 Å². The molecular weight excluding hydrogens is 150 g/mol. The van der Waals surface area contributed by atoms with Crippen LogP contribution in [-0.4, -0.2) is 10.1 Å². The van der Waals surface area contributed by atoms with E-state index in [1.807, 2.05) is 33.8 Å². The lowest BCUT2D eigenvalue weighted by Crippen LogP contribution is -2.05. The number of hydrogen-bond donors (Lipinski definition) is 2. The first-order valence-corrected chi connectivity index (χ1v) is 4.36. The zero-order valence-corrected chi connectivity index (χ0v) is 8.18. The van der Waals surface area contributed by atoms with Crippen LogP contribution in [0.25, 0.3) is 0 Å². The first-order valence-electron chi connectivity index (χ1n) is 4.36. The normalized spacial score (nSPS) is 13.8. The van der Waals surface area contributed by atoms with E-state index in [4.69, 9.17) is 0 Å². The van der Waals surface area contributed by atoms with E-state index < -0.39 is 0 Å². The summed E-state index contributed by atoms with van der Waals surface area (Å²) in [5, 5.41) is 9.77. The minimum atomic E-state index is -0.338. The van der Waals surface area contributed by atoms with E-state index in [-0.39, 0.29) is 12.0 Å². The summed E-state index contributed by atoms with van der Waals surface area (Å²) in [5.41, 5.74) is 3.22. The van der Waals surface area contributed by atoms with Crippen molar-refractivity contribution in [2.24, 2.45) is 5.92 Å². The maximum atomic E-state index is 9.77. The van der Waals surface area contributed by atoms with Gasteiger partial charge in [0.2, 0.25) is 0 Å². The molecule has 0 aliphatic heterocycles. The van der Waals surface area contributed by atoms with Crippen LogP contribution in [0.2, 0.25) is 0 Å². The van der Waals surface area contributed by atoms with Crippen molar-refractivity contribution in [2.75, 3.05) is 0 Å². The first-order chi connectivity index (χ1) is 5.52. The zero-order chi connectivity index (χ0) is 9.30. The van der Waals surface area contributed by atoms with E-state index in [1.54, 1.807) is 0 Å². The van der Waals surface area contributed by atoms with E-state index >= 15 is 0 Å². The number of hydrogen-bond acceptors (Lipinski definition) is 1. The molecule has 0 aliphatic rings. The van der Waals surface area contributed by atoms with Gasteiger partial charge in [-0.2, -0.15) is 0 Å². The fourth-order valence-corrected chi connectivity index (χ4v) is 1.41. The van der Waals surface area contributed by atoms with E-state index in [0.29, 0.717) is 0 Å². The number of rotatable bonds is 2. The number of aryl methyl sites for hydroxylation is 2. The Morgan fingerprint density at radius 1 is 1.33 bits per heavy atom. The largest absolute Gasteiger partial charge is 0.388 e. The molecule has 0 bridgehead atoms. The van der Waals surface area contributed by atoms with Crippen LogP contribution < -0.4 is 0 Å². The molecule has 68 valence electrons. The molecule has 1 unspecified atom stereocenters. The Morgan fingerprint density at radius 2 is 1.92 bits per heavy atom. The van der Waals surface area contributed by atoms with Gasteiger partial charge in [0.15, 0.2) is 0 Å². The molecule has 0 saturated carbocycles. The summed E-state index contributed by atoms with van der Waals surface area (Å²) in [4.78, 5) is 3.18. The summed E-state index contributed by atoms with van der Waals surface area (Å²) in [6.45, 7) is 8.04. The fraction of sp³-hybridized carbons (Fsp3) is 0.600. The van der Waals surface area contributed by atoms with E-state index in [1.165, 1.54) is 0 Å². The zero-order valence-electron chi connectivity index (χ0n) is 8.18. The Bertz CT molecular complexity index is 263. The molecule has 0 saturated heterocycles. The van der Waals surface area contributed by atoms with E-state index in [2.05, 4.69) is 4.98 Å². The number of aliphatic hydroxyl groups is 1. The molecule has 0 aromatic carbocycles. The van der Waals surface area contributed by atoms with Gasteiger partial charge in [-0.25, -0.2) is 0 Å². The summed E-state index contributed by atoms with van der Waals surface area (Å²) in [6.07, 6.45) is -0.338. The molecule has 0 spiro atoms. The number of aliphatic hydroxyl groups excluding tert-OH is 1. The summed E-state index contributed by atoms with van der Waals surface area (Å²) >= 11 is 0. The molecule has 0 radical (unpaired) electrons. The molecule has 1 atom stereocenters. The molecule has 0 aliphatic carbocycles. The quantitative estimate of drug-likeness (QED) is 0.696. The Kier molecular flexibility index (Phi) is 2.58. The van der Waals surface area contributed by atoms with Crippen molar-refractivity contribution >= 4 is 0 Å². The molecule has 0 fully saturated rings. The van der Waals surface area contributed by atoms with Gasteiger partial charge in [0.1, 0.15) is 0 Å². The monoisotopic (exact) mass is 167 g/mol. The standard InChI is InChI=1S/C10H17NO/c1-6(2)10(12)9-5-7(3)11-8(9)4/h5-6,10-12H,1-4H3. The van der Waals surface area contributed by atoms with Gasteiger partial charge in [0.05, 0.1) is 6.10 Å². The molecule has 1 aromatic rings. The molecule has 2 heteroatoms. The van der Waals surface area contributed by atoms with Crippen molar-refractivity contribution in [2.45, 2.75) is 33.8 Å². The Balaban J connectivity index is 2.94. The van der Waals surface area contributed by atoms with Crippen molar-refractivity contribution in [1.82, 2.24) is 4.98 Å². The lowest BCUT2D eigenvalue weighted by molar-refractivity contribution is 0.126. The molecule has 0 amide bonds. The third-order valence-corrected chi connectivity index (χ3v) is 2.14.